The van der Waals surface area contributed by atoms with E-state index in [1.54, 1.807) is 18.4 Å². The lowest BCUT2D eigenvalue weighted by molar-refractivity contribution is 0.413. The molecule has 1 aromatic heterocycles. The van der Waals surface area contributed by atoms with Crippen LogP contribution in [-0.2, 0) is 0 Å². The van der Waals surface area contributed by atoms with Gasteiger partial charge in [-0.1, -0.05) is 28.9 Å². The Kier molecular flexibility index (Phi) is 5.43. The molecule has 2 nitrogen and oxygen atoms in total. The summed E-state index contributed by atoms with van der Waals surface area (Å²) in [5.41, 5.74) is 1.22. The first-order chi connectivity index (χ1) is 9.26. The number of methoxy groups -OCH3 is 1. The SMILES string of the molecule is CCCNC(c1cccs1)c1cc(OC)ccc1Br. The Labute approximate surface area is 126 Å². The van der Waals surface area contributed by atoms with Gasteiger partial charge in [-0.15, -0.1) is 11.3 Å². The van der Waals surface area contributed by atoms with E-state index in [-0.39, 0.29) is 6.04 Å². The minimum atomic E-state index is 0.212. The number of benzene rings is 1. The monoisotopic (exact) mass is 339 g/mol. The topological polar surface area (TPSA) is 21.3 Å². The highest BCUT2D eigenvalue weighted by molar-refractivity contribution is 9.10. The fourth-order valence-electron chi connectivity index (χ4n) is 1.98. The van der Waals surface area contributed by atoms with Crippen LogP contribution >= 0.6 is 27.3 Å². The average Bonchev–Trinajstić information content (AvgIpc) is 2.95. The lowest BCUT2D eigenvalue weighted by atomic mass is 10.0. The van der Waals surface area contributed by atoms with Crippen LogP contribution in [0.2, 0.25) is 0 Å². The summed E-state index contributed by atoms with van der Waals surface area (Å²) in [6.45, 7) is 3.17. The van der Waals surface area contributed by atoms with Crippen molar-refractivity contribution in [1.29, 1.82) is 0 Å². The van der Waals surface area contributed by atoms with E-state index in [2.05, 4.69) is 51.7 Å². The molecule has 0 saturated carbocycles. The van der Waals surface area contributed by atoms with E-state index in [0.29, 0.717) is 0 Å². The van der Waals surface area contributed by atoms with E-state index in [1.807, 2.05) is 12.1 Å². The molecule has 1 atom stereocenters. The Hall–Kier alpha value is -0.840. The van der Waals surface area contributed by atoms with Gasteiger partial charge in [-0.2, -0.15) is 0 Å². The lowest BCUT2D eigenvalue weighted by Gasteiger charge is -2.20. The van der Waals surface area contributed by atoms with E-state index >= 15 is 0 Å². The Bertz CT molecular complexity index is 513. The Balaban J connectivity index is 2.37. The van der Waals surface area contributed by atoms with Crippen molar-refractivity contribution in [2.24, 2.45) is 0 Å². The summed E-state index contributed by atoms with van der Waals surface area (Å²) in [5, 5.41) is 5.72. The largest absolute Gasteiger partial charge is 0.497 e. The highest BCUT2D eigenvalue weighted by Crippen LogP contribution is 2.33. The van der Waals surface area contributed by atoms with Crippen LogP contribution in [0, 0.1) is 0 Å². The quantitative estimate of drug-likeness (QED) is 0.829. The molecule has 0 fully saturated rings. The third kappa shape index (κ3) is 3.59. The first-order valence-electron chi connectivity index (χ1n) is 6.36. The number of ether oxygens (including phenoxy) is 1. The second kappa shape index (κ2) is 7.08. The predicted molar refractivity (Wildman–Crippen MR) is 85.1 cm³/mol. The standard InChI is InChI=1S/C15H18BrNOS/c1-3-8-17-15(14-5-4-9-19-14)12-10-11(18-2)6-7-13(12)16/h4-7,9-10,15,17H,3,8H2,1-2H3. The van der Waals surface area contributed by atoms with Gasteiger partial charge >= 0.3 is 0 Å². The van der Waals surface area contributed by atoms with Crippen molar-refractivity contribution in [1.82, 2.24) is 5.32 Å². The number of hydrogen-bond acceptors (Lipinski definition) is 3. The number of halogens is 1. The van der Waals surface area contributed by atoms with Crippen molar-refractivity contribution in [3.8, 4) is 5.75 Å². The second-order valence-electron chi connectivity index (χ2n) is 4.29. The lowest BCUT2D eigenvalue weighted by Crippen LogP contribution is -2.22. The molecular formula is C15H18BrNOS. The molecule has 1 aromatic carbocycles. The number of thiophene rings is 1. The van der Waals surface area contributed by atoms with E-state index in [4.69, 9.17) is 4.74 Å². The highest BCUT2D eigenvalue weighted by atomic mass is 79.9. The minimum Gasteiger partial charge on any atom is -0.497 e. The summed E-state index contributed by atoms with van der Waals surface area (Å²) in [6, 6.07) is 10.6. The molecule has 2 aromatic rings. The first-order valence-corrected chi connectivity index (χ1v) is 8.03. The molecule has 1 unspecified atom stereocenters. The molecule has 0 amide bonds. The van der Waals surface area contributed by atoms with Crippen molar-refractivity contribution in [2.45, 2.75) is 19.4 Å². The third-order valence-electron chi connectivity index (χ3n) is 2.94. The normalized spacial score (nSPS) is 12.4. The molecule has 102 valence electrons. The summed E-state index contributed by atoms with van der Waals surface area (Å²) >= 11 is 5.42. The predicted octanol–water partition coefficient (Wildman–Crippen LogP) is 4.61. The summed E-state index contributed by atoms with van der Waals surface area (Å²) in [4.78, 5) is 1.32. The molecule has 1 N–H and O–H groups in total. The second-order valence-corrected chi connectivity index (χ2v) is 6.12. The van der Waals surface area contributed by atoms with E-state index < -0.39 is 0 Å². The summed E-state index contributed by atoms with van der Waals surface area (Å²) in [6.07, 6.45) is 1.11. The van der Waals surface area contributed by atoms with E-state index in [1.165, 1.54) is 10.4 Å². The van der Waals surface area contributed by atoms with Crippen molar-refractivity contribution < 1.29 is 4.74 Å². The molecule has 0 aliphatic carbocycles. The Morgan fingerprint density at radius 3 is 2.84 bits per heavy atom. The van der Waals surface area contributed by atoms with Crippen LogP contribution in [0.1, 0.15) is 29.8 Å². The van der Waals surface area contributed by atoms with Gasteiger partial charge in [-0.3, -0.25) is 0 Å². The summed E-state index contributed by atoms with van der Waals surface area (Å²) in [5.74, 6) is 0.887. The van der Waals surface area contributed by atoms with E-state index in [0.717, 1.165) is 23.2 Å². The molecule has 0 radical (unpaired) electrons. The van der Waals surface area contributed by atoms with Gasteiger partial charge in [0.25, 0.3) is 0 Å². The van der Waals surface area contributed by atoms with Gasteiger partial charge < -0.3 is 10.1 Å². The number of hydrogen-bond donors (Lipinski definition) is 1. The van der Waals surface area contributed by atoms with Gasteiger partial charge in [-0.25, -0.2) is 0 Å². The fraction of sp³-hybridized carbons (Fsp3) is 0.333. The Morgan fingerprint density at radius 1 is 1.37 bits per heavy atom. The highest BCUT2D eigenvalue weighted by Gasteiger charge is 2.17. The smallest absolute Gasteiger partial charge is 0.119 e. The number of nitrogens with one attached hydrogen (secondary N) is 1. The molecule has 2 rings (SSSR count). The van der Waals surface area contributed by atoms with Crippen molar-refractivity contribution in [3.05, 3.63) is 50.6 Å². The van der Waals surface area contributed by atoms with Crippen LogP contribution in [0.4, 0.5) is 0 Å². The zero-order chi connectivity index (χ0) is 13.7. The molecule has 19 heavy (non-hydrogen) atoms. The molecule has 1 heterocycles. The molecule has 0 aliphatic rings. The maximum Gasteiger partial charge on any atom is 0.119 e. The summed E-state index contributed by atoms with van der Waals surface area (Å²) < 4.78 is 6.44. The van der Waals surface area contributed by atoms with Gasteiger partial charge in [0.2, 0.25) is 0 Å². The van der Waals surface area contributed by atoms with Crippen LogP contribution in [0.3, 0.4) is 0 Å². The minimum absolute atomic E-state index is 0.212. The maximum absolute atomic E-state index is 5.34. The van der Waals surface area contributed by atoms with Gasteiger partial charge in [0.15, 0.2) is 0 Å². The molecule has 4 heteroatoms. The van der Waals surface area contributed by atoms with Gasteiger partial charge in [0.05, 0.1) is 13.2 Å². The van der Waals surface area contributed by atoms with Crippen molar-refractivity contribution in [2.75, 3.05) is 13.7 Å². The zero-order valence-corrected chi connectivity index (χ0v) is 13.6. The number of rotatable bonds is 6. The first kappa shape index (κ1) is 14.6. The molecule has 0 saturated heterocycles. The van der Waals surface area contributed by atoms with Crippen LogP contribution in [0.15, 0.2) is 40.2 Å². The van der Waals surface area contributed by atoms with Crippen LogP contribution < -0.4 is 10.1 Å². The van der Waals surface area contributed by atoms with Crippen molar-refractivity contribution >= 4 is 27.3 Å². The van der Waals surface area contributed by atoms with Crippen molar-refractivity contribution in [3.63, 3.8) is 0 Å². The zero-order valence-electron chi connectivity index (χ0n) is 11.2. The van der Waals surface area contributed by atoms with Gasteiger partial charge in [0.1, 0.15) is 5.75 Å². The van der Waals surface area contributed by atoms with Gasteiger partial charge in [0, 0.05) is 9.35 Å². The maximum atomic E-state index is 5.34. The van der Waals surface area contributed by atoms with Crippen LogP contribution in [0.25, 0.3) is 0 Å². The molecule has 0 aliphatic heterocycles. The summed E-state index contributed by atoms with van der Waals surface area (Å²) in [7, 11) is 1.70. The Morgan fingerprint density at radius 2 is 2.21 bits per heavy atom. The molecular weight excluding hydrogens is 322 g/mol. The molecule has 0 bridgehead atoms. The fourth-order valence-corrected chi connectivity index (χ4v) is 3.27. The van der Waals surface area contributed by atoms with Crippen LogP contribution in [-0.4, -0.2) is 13.7 Å². The molecule has 0 spiro atoms. The van der Waals surface area contributed by atoms with Gasteiger partial charge in [-0.05, 0) is 48.2 Å². The third-order valence-corrected chi connectivity index (χ3v) is 4.60. The van der Waals surface area contributed by atoms with Crippen LogP contribution in [0.5, 0.6) is 5.75 Å². The van der Waals surface area contributed by atoms with E-state index in [9.17, 15) is 0 Å². The average molecular weight is 340 g/mol.